The third-order valence-corrected chi connectivity index (χ3v) is 2.88. The summed E-state index contributed by atoms with van der Waals surface area (Å²) in [5, 5.41) is 0. The second kappa shape index (κ2) is 6.54. The average Bonchev–Trinajstić information content (AvgIpc) is 3.20. The molecule has 1 unspecified atom stereocenters. The number of rotatable bonds is 6. The Morgan fingerprint density at radius 3 is 2.29 bits per heavy atom. The zero-order valence-corrected chi connectivity index (χ0v) is 12.1. The molecule has 1 aromatic carbocycles. The monoisotopic (exact) mass is 290 g/mol. The van der Waals surface area contributed by atoms with Gasteiger partial charge in [-0.1, -0.05) is 36.4 Å². The molecule has 0 bridgehead atoms. The highest BCUT2D eigenvalue weighted by atomic mass is 16.7. The molecule has 0 aliphatic carbocycles. The molecule has 1 heterocycles. The Bertz CT molecular complexity index is 515. The van der Waals surface area contributed by atoms with Crippen molar-refractivity contribution in [1.29, 1.82) is 0 Å². The van der Waals surface area contributed by atoms with Crippen molar-refractivity contribution < 1.29 is 23.8 Å². The van der Waals surface area contributed by atoms with Crippen LogP contribution in [0.15, 0.2) is 36.4 Å². The molecule has 1 atom stereocenters. The molecule has 1 aliphatic rings. The Hall–Kier alpha value is -2.14. The Labute approximate surface area is 123 Å². The first-order valence-electron chi connectivity index (χ1n) is 6.74. The van der Waals surface area contributed by atoms with Crippen molar-refractivity contribution in [1.82, 2.24) is 0 Å². The fourth-order valence-electron chi connectivity index (χ4n) is 2.02. The van der Waals surface area contributed by atoms with E-state index in [0.29, 0.717) is 6.61 Å². The van der Waals surface area contributed by atoms with Crippen molar-refractivity contribution in [3.63, 3.8) is 0 Å². The molecule has 0 aromatic heterocycles. The van der Waals surface area contributed by atoms with Crippen LogP contribution in [0.2, 0.25) is 0 Å². The van der Waals surface area contributed by atoms with E-state index in [4.69, 9.17) is 14.2 Å². The first-order valence-corrected chi connectivity index (χ1v) is 6.74. The first kappa shape index (κ1) is 15.3. The van der Waals surface area contributed by atoms with Crippen LogP contribution >= 0.6 is 0 Å². The van der Waals surface area contributed by atoms with E-state index in [-0.39, 0.29) is 12.5 Å². The molecule has 21 heavy (non-hydrogen) atoms. The SMILES string of the molecule is CC(=O)OC(C=Cc1ccccc1)(CC1CO1)OC(C)=O. The lowest BCUT2D eigenvalue weighted by Crippen LogP contribution is -2.38. The standard InChI is InChI=1S/C16H18O5/c1-12(17)20-16(21-13(2)18,10-15-11-19-15)9-8-14-6-4-3-5-7-14/h3-9,15H,10-11H2,1-2H3. The number of epoxide rings is 1. The zero-order chi connectivity index (χ0) is 15.3. The van der Waals surface area contributed by atoms with Crippen LogP contribution in [-0.2, 0) is 23.8 Å². The predicted molar refractivity (Wildman–Crippen MR) is 76.1 cm³/mol. The molecule has 1 saturated heterocycles. The Balaban J connectivity index is 2.24. The minimum atomic E-state index is -1.42. The molecule has 0 radical (unpaired) electrons. The van der Waals surface area contributed by atoms with Gasteiger partial charge < -0.3 is 14.2 Å². The van der Waals surface area contributed by atoms with E-state index in [1.165, 1.54) is 13.8 Å². The topological polar surface area (TPSA) is 65.1 Å². The van der Waals surface area contributed by atoms with E-state index in [2.05, 4.69) is 0 Å². The summed E-state index contributed by atoms with van der Waals surface area (Å²) in [5.74, 6) is -2.46. The van der Waals surface area contributed by atoms with Crippen molar-refractivity contribution in [2.75, 3.05) is 6.61 Å². The molecule has 0 amide bonds. The summed E-state index contributed by atoms with van der Waals surface area (Å²) in [4.78, 5) is 22.7. The van der Waals surface area contributed by atoms with Gasteiger partial charge in [0.1, 0.15) is 0 Å². The molecule has 2 rings (SSSR count). The number of carbonyl (C=O) groups excluding carboxylic acids is 2. The Morgan fingerprint density at radius 1 is 1.24 bits per heavy atom. The van der Waals surface area contributed by atoms with Crippen LogP contribution in [0.25, 0.3) is 6.08 Å². The highest BCUT2D eigenvalue weighted by molar-refractivity contribution is 5.70. The van der Waals surface area contributed by atoms with Gasteiger partial charge in [-0.15, -0.1) is 0 Å². The van der Waals surface area contributed by atoms with Gasteiger partial charge in [0.15, 0.2) is 0 Å². The highest BCUT2D eigenvalue weighted by Gasteiger charge is 2.41. The van der Waals surface area contributed by atoms with Gasteiger partial charge in [0.2, 0.25) is 0 Å². The quantitative estimate of drug-likeness (QED) is 0.457. The van der Waals surface area contributed by atoms with E-state index < -0.39 is 17.7 Å². The summed E-state index contributed by atoms with van der Waals surface area (Å²) in [6.45, 7) is 3.13. The Kier molecular flexibility index (Phi) is 4.75. The number of benzene rings is 1. The van der Waals surface area contributed by atoms with Gasteiger partial charge in [0, 0.05) is 19.9 Å². The second-order valence-electron chi connectivity index (χ2n) is 4.90. The third kappa shape index (κ3) is 5.04. The van der Waals surface area contributed by atoms with Crippen molar-refractivity contribution in [3.05, 3.63) is 42.0 Å². The summed E-state index contributed by atoms with van der Waals surface area (Å²) < 4.78 is 15.7. The largest absolute Gasteiger partial charge is 0.419 e. The number of hydrogen-bond acceptors (Lipinski definition) is 5. The Morgan fingerprint density at radius 2 is 1.81 bits per heavy atom. The minimum Gasteiger partial charge on any atom is -0.419 e. The summed E-state index contributed by atoms with van der Waals surface area (Å²) in [5.41, 5.74) is 0.915. The molecule has 1 aromatic rings. The molecule has 1 aliphatic heterocycles. The third-order valence-electron chi connectivity index (χ3n) is 2.88. The van der Waals surface area contributed by atoms with Crippen LogP contribution < -0.4 is 0 Å². The van der Waals surface area contributed by atoms with Crippen LogP contribution in [0.1, 0.15) is 25.8 Å². The number of esters is 2. The molecular weight excluding hydrogens is 272 g/mol. The average molecular weight is 290 g/mol. The normalized spacial score (nSPS) is 17.5. The summed E-state index contributed by atoms with van der Waals surface area (Å²) in [6.07, 6.45) is 3.57. The molecule has 0 spiro atoms. The van der Waals surface area contributed by atoms with Crippen molar-refractivity contribution >= 4 is 18.0 Å². The van der Waals surface area contributed by atoms with Gasteiger partial charge in [0.25, 0.3) is 5.79 Å². The molecule has 0 saturated carbocycles. The molecular formula is C16H18O5. The fraction of sp³-hybridized carbons (Fsp3) is 0.375. The first-order chi connectivity index (χ1) is 9.99. The van der Waals surface area contributed by atoms with E-state index in [1.54, 1.807) is 12.2 Å². The van der Waals surface area contributed by atoms with E-state index in [1.807, 2.05) is 30.3 Å². The van der Waals surface area contributed by atoms with Gasteiger partial charge in [-0.25, -0.2) is 0 Å². The molecule has 1 fully saturated rings. The number of carbonyl (C=O) groups is 2. The highest BCUT2D eigenvalue weighted by Crippen LogP contribution is 2.30. The second-order valence-corrected chi connectivity index (χ2v) is 4.90. The lowest BCUT2D eigenvalue weighted by molar-refractivity contribution is -0.211. The lowest BCUT2D eigenvalue weighted by Gasteiger charge is -2.28. The molecule has 5 heteroatoms. The maximum atomic E-state index is 11.4. The smallest absolute Gasteiger partial charge is 0.306 e. The van der Waals surface area contributed by atoms with Gasteiger partial charge in [0.05, 0.1) is 19.1 Å². The summed E-state index contributed by atoms with van der Waals surface area (Å²) in [6, 6.07) is 9.49. The zero-order valence-electron chi connectivity index (χ0n) is 12.1. The van der Waals surface area contributed by atoms with Crippen LogP contribution in [0.4, 0.5) is 0 Å². The van der Waals surface area contributed by atoms with Crippen molar-refractivity contribution in [2.45, 2.75) is 32.2 Å². The van der Waals surface area contributed by atoms with Crippen LogP contribution in [0.3, 0.4) is 0 Å². The van der Waals surface area contributed by atoms with Crippen LogP contribution in [0, 0.1) is 0 Å². The van der Waals surface area contributed by atoms with Gasteiger partial charge >= 0.3 is 11.9 Å². The number of ether oxygens (including phenoxy) is 3. The summed E-state index contributed by atoms with van der Waals surface area (Å²) in [7, 11) is 0. The summed E-state index contributed by atoms with van der Waals surface area (Å²) >= 11 is 0. The maximum Gasteiger partial charge on any atom is 0.306 e. The molecule has 0 N–H and O–H groups in total. The molecule has 112 valence electrons. The maximum absolute atomic E-state index is 11.4. The van der Waals surface area contributed by atoms with Crippen molar-refractivity contribution in [2.24, 2.45) is 0 Å². The van der Waals surface area contributed by atoms with E-state index >= 15 is 0 Å². The van der Waals surface area contributed by atoms with Crippen LogP contribution in [0.5, 0.6) is 0 Å². The van der Waals surface area contributed by atoms with E-state index in [0.717, 1.165) is 5.56 Å². The lowest BCUT2D eigenvalue weighted by atomic mass is 10.1. The van der Waals surface area contributed by atoms with Gasteiger partial charge in [-0.05, 0) is 5.56 Å². The predicted octanol–water partition coefficient (Wildman–Crippen LogP) is 2.31. The fourth-order valence-corrected chi connectivity index (χ4v) is 2.02. The minimum absolute atomic E-state index is 0.0656. The van der Waals surface area contributed by atoms with Gasteiger partial charge in [-0.2, -0.15) is 0 Å². The van der Waals surface area contributed by atoms with Gasteiger partial charge in [-0.3, -0.25) is 9.59 Å². The van der Waals surface area contributed by atoms with E-state index in [9.17, 15) is 9.59 Å². The van der Waals surface area contributed by atoms with Crippen molar-refractivity contribution in [3.8, 4) is 0 Å². The number of hydrogen-bond donors (Lipinski definition) is 0. The molecule has 5 nitrogen and oxygen atoms in total. The van der Waals surface area contributed by atoms with Crippen LogP contribution in [-0.4, -0.2) is 30.4 Å².